The van der Waals surface area contributed by atoms with Gasteiger partial charge in [0.05, 0.1) is 17.5 Å². The Balaban J connectivity index is 2.27. The molecular weight excluding hydrogens is 262 g/mol. The van der Waals surface area contributed by atoms with Gasteiger partial charge in [-0.1, -0.05) is 13.0 Å². The van der Waals surface area contributed by atoms with Crippen LogP contribution in [0.5, 0.6) is 0 Å². The molecule has 1 heterocycles. The van der Waals surface area contributed by atoms with Crippen LogP contribution in [0.2, 0.25) is 0 Å². The number of aryl methyl sites for hydroxylation is 2. The average molecular weight is 278 g/mol. The van der Waals surface area contributed by atoms with Gasteiger partial charge in [-0.3, -0.25) is 0 Å². The second kappa shape index (κ2) is 6.05. The largest absolute Gasteiger partial charge is 0.388 e. The van der Waals surface area contributed by atoms with Crippen LogP contribution in [0.1, 0.15) is 35.5 Å². The zero-order valence-electron chi connectivity index (χ0n) is 11.4. The number of halogens is 2. The van der Waals surface area contributed by atoms with Crippen LogP contribution in [0.4, 0.5) is 8.78 Å². The summed E-state index contributed by atoms with van der Waals surface area (Å²) in [6.07, 6.45) is -0.186. The summed E-state index contributed by atoms with van der Waals surface area (Å²) in [6.45, 7) is 3.69. The van der Waals surface area contributed by atoms with Gasteiger partial charge in [0.25, 0.3) is 0 Å². The third-order valence-electron chi connectivity index (χ3n) is 3.15. The molecule has 1 atom stereocenters. The van der Waals surface area contributed by atoms with E-state index in [9.17, 15) is 13.9 Å². The summed E-state index contributed by atoms with van der Waals surface area (Å²) in [6, 6.07) is 5.10. The number of aliphatic hydroxyl groups is 1. The van der Waals surface area contributed by atoms with E-state index in [4.69, 9.17) is 0 Å². The van der Waals surface area contributed by atoms with Gasteiger partial charge < -0.3 is 5.11 Å². The van der Waals surface area contributed by atoms with Gasteiger partial charge >= 0.3 is 0 Å². The van der Waals surface area contributed by atoms with Crippen LogP contribution in [-0.4, -0.2) is 15.3 Å². The first kappa shape index (κ1) is 14.5. The minimum atomic E-state index is -0.890. The predicted octanol–water partition coefficient (Wildman–Crippen LogP) is 2.90. The topological polar surface area (TPSA) is 46.0 Å². The Kier molecular flexibility index (Phi) is 4.39. The van der Waals surface area contributed by atoms with E-state index in [1.807, 2.05) is 6.92 Å². The number of aliphatic hydroxyl groups excluding tert-OH is 1. The van der Waals surface area contributed by atoms with E-state index in [-0.39, 0.29) is 12.0 Å². The van der Waals surface area contributed by atoms with Crippen molar-refractivity contribution in [3.05, 3.63) is 58.4 Å². The molecule has 5 heteroatoms. The van der Waals surface area contributed by atoms with Gasteiger partial charge in [-0.25, -0.2) is 8.78 Å². The van der Waals surface area contributed by atoms with E-state index in [0.29, 0.717) is 23.4 Å². The number of hydrogen-bond acceptors (Lipinski definition) is 3. The second-order valence-electron chi connectivity index (χ2n) is 4.70. The molecule has 1 N–H and O–H groups in total. The molecule has 0 radical (unpaired) electrons. The summed E-state index contributed by atoms with van der Waals surface area (Å²) in [5.41, 5.74) is 2.29. The van der Waals surface area contributed by atoms with E-state index >= 15 is 0 Å². The summed E-state index contributed by atoms with van der Waals surface area (Å²) in [7, 11) is 0. The minimum absolute atomic E-state index is 0.0737. The molecule has 0 fully saturated rings. The van der Waals surface area contributed by atoms with Gasteiger partial charge in [0.15, 0.2) is 0 Å². The molecule has 2 aromatic rings. The van der Waals surface area contributed by atoms with Crippen molar-refractivity contribution in [2.75, 3.05) is 0 Å². The van der Waals surface area contributed by atoms with Crippen molar-refractivity contribution in [2.45, 2.75) is 32.8 Å². The molecule has 3 nitrogen and oxygen atoms in total. The monoisotopic (exact) mass is 278 g/mol. The third kappa shape index (κ3) is 3.17. The van der Waals surface area contributed by atoms with Crippen molar-refractivity contribution in [2.24, 2.45) is 0 Å². The number of benzene rings is 1. The maximum atomic E-state index is 13.6. The Morgan fingerprint density at radius 2 is 1.95 bits per heavy atom. The van der Waals surface area contributed by atoms with Crippen LogP contribution in [0, 0.1) is 18.6 Å². The van der Waals surface area contributed by atoms with Crippen LogP contribution < -0.4 is 0 Å². The fraction of sp³-hybridized carbons (Fsp3) is 0.333. The zero-order valence-corrected chi connectivity index (χ0v) is 11.4. The Morgan fingerprint density at radius 3 is 2.60 bits per heavy atom. The Morgan fingerprint density at radius 1 is 1.20 bits per heavy atom. The summed E-state index contributed by atoms with van der Waals surface area (Å²) in [4.78, 5) is 0. The molecule has 20 heavy (non-hydrogen) atoms. The standard InChI is InChI=1S/C15H16F2N2O/c1-3-14-12(6-9(2)18-19-14)15(20)7-10-4-5-11(16)8-13(10)17/h4-6,8,15,20H,3,7H2,1-2H3. The normalized spacial score (nSPS) is 12.4. The molecule has 0 aliphatic heterocycles. The highest BCUT2D eigenvalue weighted by Gasteiger charge is 2.16. The molecule has 0 spiro atoms. The van der Waals surface area contributed by atoms with Crippen molar-refractivity contribution >= 4 is 0 Å². The van der Waals surface area contributed by atoms with Crippen LogP contribution >= 0.6 is 0 Å². The number of rotatable bonds is 4. The summed E-state index contributed by atoms with van der Waals surface area (Å²) in [5, 5.41) is 18.3. The van der Waals surface area contributed by atoms with Gasteiger partial charge in [0, 0.05) is 18.1 Å². The Bertz CT molecular complexity index is 617. The SMILES string of the molecule is CCc1nnc(C)cc1C(O)Cc1ccc(F)cc1F. The van der Waals surface area contributed by atoms with Gasteiger partial charge in [0.2, 0.25) is 0 Å². The van der Waals surface area contributed by atoms with Crippen molar-refractivity contribution < 1.29 is 13.9 Å². The first-order valence-corrected chi connectivity index (χ1v) is 6.46. The molecular formula is C15H16F2N2O. The predicted molar refractivity (Wildman–Crippen MR) is 71.2 cm³/mol. The van der Waals surface area contributed by atoms with E-state index in [1.165, 1.54) is 12.1 Å². The fourth-order valence-corrected chi connectivity index (χ4v) is 2.10. The molecule has 106 valence electrons. The molecule has 1 aromatic heterocycles. The lowest BCUT2D eigenvalue weighted by Crippen LogP contribution is -2.09. The van der Waals surface area contributed by atoms with E-state index < -0.39 is 17.7 Å². The van der Waals surface area contributed by atoms with Crippen LogP contribution in [0.3, 0.4) is 0 Å². The van der Waals surface area contributed by atoms with Crippen LogP contribution in [0.25, 0.3) is 0 Å². The number of hydrogen-bond donors (Lipinski definition) is 1. The van der Waals surface area contributed by atoms with E-state index in [2.05, 4.69) is 10.2 Å². The maximum absolute atomic E-state index is 13.6. The van der Waals surface area contributed by atoms with Crippen molar-refractivity contribution in [1.29, 1.82) is 0 Å². The molecule has 0 aliphatic carbocycles. The quantitative estimate of drug-likeness (QED) is 0.935. The molecule has 1 aromatic carbocycles. The molecule has 0 saturated carbocycles. The highest BCUT2D eigenvalue weighted by atomic mass is 19.1. The highest BCUT2D eigenvalue weighted by Crippen LogP contribution is 2.23. The summed E-state index contributed by atoms with van der Waals surface area (Å²) in [5.74, 6) is -1.28. The lowest BCUT2D eigenvalue weighted by Gasteiger charge is -2.15. The fourth-order valence-electron chi connectivity index (χ4n) is 2.10. The Labute approximate surface area is 116 Å². The maximum Gasteiger partial charge on any atom is 0.129 e. The third-order valence-corrected chi connectivity index (χ3v) is 3.15. The first-order valence-electron chi connectivity index (χ1n) is 6.46. The molecule has 0 saturated heterocycles. The summed E-state index contributed by atoms with van der Waals surface area (Å²) >= 11 is 0. The molecule has 1 unspecified atom stereocenters. The summed E-state index contributed by atoms with van der Waals surface area (Å²) < 4.78 is 26.5. The van der Waals surface area contributed by atoms with Gasteiger partial charge in [-0.05, 0) is 31.0 Å². The minimum Gasteiger partial charge on any atom is -0.388 e. The van der Waals surface area contributed by atoms with Crippen molar-refractivity contribution in [1.82, 2.24) is 10.2 Å². The van der Waals surface area contributed by atoms with Crippen LogP contribution in [-0.2, 0) is 12.8 Å². The number of nitrogens with zero attached hydrogens (tertiary/aromatic N) is 2. The highest BCUT2D eigenvalue weighted by molar-refractivity contribution is 5.27. The Hall–Kier alpha value is -1.88. The first-order chi connectivity index (χ1) is 9.51. The van der Waals surface area contributed by atoms with Crippen molar-refractivity contribution in [3.63, 3.8) is 0 Å². The second-order valence-corrected chi connectivity index (χ2v) is 4.70. The average Bonchev–Trinajstić information content (AvgIpc) is 2.41. The smallest absolute Gasteiger partial charge is 0.129 e. The molecule has 0 aliphatic rings. The molecule has 0 amide bonds. The molecule has 0 bridgehead atoms. The lowest BCUT2D eigenvalue weighted by atomic mass is 9.99. The van der Waals surface area contributed by atoms with E-state index in [1.54, 1.807) is 13.0 Å². The van der Waals surface area contributed by atoms with Gasteiger partial charge in [0.1, 0.15) is 11.6 Å². The van der Waals surface area contributed by atoms with Crippen LogP contribution in [0.15, 0.2) is 24.3 Å². The van der Waals surface area contributed by atoms with Gasteiger partial charge in [-0.2, -0.15) is 10.2 Å². The van der Waals surface area contributed by atoms with Crippen molar-refractivity contribution in [3.8, 4) is 0 Å². The molecule has 2 rings (SSSR count). The zero-order chi connectivity index (χ0) is 14.7. The lowest BCUT2D eigenvalue weighted by molar-refractivity contribution is 0.175. The number of aromatic nitrogens is 2. The van der Waals surface area contributed by atoms with Gasteiger partial charge in [-0.15, -0.1) is 0 Å². The van der Waals surface area contributed by atoms with E-state index in [0.717, 1.165) is 6.07 Å².